The smallest absolute Gasteiger partial charge is 0.237 e. The van der Waals surface area contributed by atoms with Crippen LogP contribution in [0.4, 0.5) is 20.2 Å². The molecule has 0 saturated carbocycles. The van der Waals surface area contributed by atoms with Crippen LogP contribution in [0.3, 0.4) is 0 Å². The third-order valence-corrected chi connectivity index (χ3v) is 4.44. The maximum Gasteiger partial charge on any atom is 0.237 e. The summed E-state index contributed by atoms with van der Waals surface area (Å²) in [6, 6.07) is 10.2. The van der Waals surface area contributed by atoms with Crippen molar-refractivity contribution >= 4 is 35.0 Å². The summed E-state index contributed by atoms with van der Waals surface area (Å²) in [6.07, 6.45) is 0. The Morgan fingerprint density at radius 1 is 1.00 bits per heavy atom. The maximum atomic E-state index is 13.1. The van der Waals surface area contributed by atoms with E-state index in [0.29, 0.717) is 5.69 Å². The Labute approximate surface area is 149 Å². The third-order valence-electron chi connectivity index (χ3n) is 3.30. The Bertz CT molecular complexity index is 746. The van der Waals surface area contributed by atoms with Crippen LogP contribution in [-0.2, 0) is 9.59 Å². The van der Waals surface area contributed by atoms with E-state index in [2.05, 4.69) is 10.6 Å². The summed E-state index contributed by atoms with van der Waals surface area (Å²) in [6.45, 7) is 3.57. The van der Waals surface area contributed by atoms with E-state index in [1.54, 1.807) is 19.1 Å². The van der Waals surface area contributed by atoms with Crippen LogP contribution in [0.1, 0.15) is 12.5 Å². The molecule has 0 fully saturated rings. The van der Waals surface area contributed by atoms with Crippen LogP contribution < -0.4 is 10.6 Å². The van der Waals surface area contributed by atoms with Crippen LogP contribution in [0, 0.1) is 18.6 Å². The van der Waals surface area contributed by atoms with Gasteiger partial charge in [0.05, 0.1) is 11.0 Å². The van der Waals surface area contributed by atoms with Gasteiger partial charge in [-0.1, -0.05) is 17.7 Å². The first-order valence-electron chi connectivity index (χ1n) is 7.58. The Balaban J connectivity index is 1.82. The lowest BCUT2D eigenvalue weighted by Crippen LogP contribution is -2.25. The van der Waals surface area contributed by atoms with Crippen LogP contribution in [0.15, 0.2) is 42.5 Å². The van der Waals surface area contributed by atoms with Gasteiger partial charge in [-0.15, -0.1) is 11.8 Å². The number of aryl methyl sites for hydroxylation is 1. The van der Waals surface area contributed by atoms with Crippen LogP contribution in [0.2, 0.25) is 0 Å². The van der Waals surface area contributed by atoms with Crippen LogP contribution in [-0.4, -0.2) is 22.8 Å². The number of carbonyl (C=O) groups excluding carboxylic acids is 2. The molecule has 0 aliphatic rings. The van der Waals surface area contributed by atoms with Gasteiger partial charge in [0.1, 0.15) is 11.6 Å². The molecule has 2 aromatic rings. The molecule has 132 valence electrons. The monoisotopic (exact) mass is 364 g/mol. The first-order valence-corrected chi connectivity index (χ1v) is 8.63. The number of nitrogens with one attached hydrogen (secondary N) is 2. The first kappa shape index (κ1) is 18.9. The summed E-state index contributed by atoms with van der Waals surface area (Å²) in [5, 5.41) is 4.61. The maximum absolute atomic E-state index is 13.1. The first-order chi connectivity index (χ1) is 11.8. The molecule has 1 unspecified atom stereocenters. The molecule has 2 aromatic carbocycles. The predicted octanol–water partition coefficient (Wildman–Crippen LogP) is 3.97. The van der Waals surface area contributed by atoms with E-state index in [0.717, 1.165) is 35.5 Å². The molecule has 4 nitrogen and oxygen atoms in total. The van der Waals surface area contributed by atoms with Crippen LogP contribution in [0.5, 0.6) is 0 Å². The van der Waals surface area contributed by atoms with Gasteiger partial charge >= 0.3 is 0 Å². The molecule has 25 heavy (non-hydrogen) atoms. The van der Waals surface area contributed by atoms with E-state index in [9.17, 15) is 18.4 Å². The van der Waals surface area contributed by atoms with Crippen molar-refractivity contribution in [2.75, 3.05) is 16.4 Å². The van der Waals surface area contributed by atoms with Crippen molar-refractivity contribution < 1.29 is 18.4 Å². The molecule has 0 aliphatic carbocycles. The number of hydrogen-bond donors (Lipinski definition) is 2. The number of benzene rings is 2. The van der Waals surface area contributed by atoms with E-state index < -0.39 is 22.8 Å². The van der Waals surface area contributed by atoms with Crippen molar-refractivity contribution in [1.82, 2.24) is 0 Å². The minimum Gasteiger partial charge on any atom is -0.325 e. The van der Waals surface area contributed by atoms with Gasteiger partial charge in [-0.2, -0.15) is 0 Å². The number of carbonyl (C=O) groups is 2. The molecule has 7 heteroatoms. The molecule has 2 amide bonds. The normalized spacial score (nSPS) is 11.7. The van der Waals surface area contributed by atoms with Gasteiger partial charge in [-0.25, -0.2) is 8.78 Å². The molecule has 0 spiro atoms. The number of anilines is 2. The number of amides is 2. The molecule has 0 aromatic heterocycles. The Morgan fingerprint density at radius 3 is 2.20 bits per heavy atom. The van der Waals surface area contributed by atoms with E-state index in [4.69, 9.17) is 0 Å². The van der Waals surface area contributed by atoms with Crippen molar-refractivity contribution in [1.29, 1.82) is 0 Å². The zero-order chi connectivity index (χ0) is 18.4. The molecule has 0 heterocycles. The molecule has 0 bridgehead atoms. The van der Waals surface area contributed by atoms with Gasteiger partial charge in [0, 0.05) is 17.4 Å². The van der Waals surface area contributed by atoms with Crippen molar-refractivity contribution in [3.63, 3.8) is 0 Å². The lowest BCUT2D eigenvalue weighted by molar-refractivity contribution is -0.115. The Morgan fingerprint density at radius 2 is 1.60 bits per heavy atom. The fourth-order valence-corrected chi connectivity index (χ4v) is 2.66. The highest BCUT2D eigenvalue weighted by Gasteiger charge is 2.16. The molecule has 2 N–H and O–H groups in total. The lowest BCUT2D eigenvalue weighted by Gasteiger charge is -2.12. The number of hydrogen-bond acceptors (Lipinski definition) is 3. The summed E-state index contributed by atoms with van der Waals surface area (Å²) < 4.78 is 26.2. The van der Waals surface area contributed by atoms with E-state index in [1.807, 2.05) is 19.1 Å². The fraction of sp³-hybridized carbons (Fsp3) is 0.222. The minimum atomic E-state index is -0.770. The highest BCUT2D eigenvalue weighted by atomic mass is 32.2. The zero-order valence-corrected chi connectivity index (χ0v) is 14.6. The van der Waals surface area contributed by atoms with Gasteiger partial charge in [-0.05, 0) is 38.1 Å². The van der Waals surface area contributed by atoms with Crippen LogP contribution in [0.25, 0.3) is 0 Å². The van der Waals surface area contributed by atoms with Crippen molar-refractivity contribution in [3.8, 4) is 0 Å². The number of rotatable bonds is 6. The van der Waals surface area contributed by atoms with E-state index in [-0.39, 0.29) is 17.3 Å². The molecule has 0 aliphatic heterocycles. The van der Waals surface area contributed by atoms with Crippen LogP contribution >= 0.6 is 11.8 Å². The zero-order valence-electron chi connectivity index (χ0n) is 13.8. The highest BCUT2D eigenvalue weighted by Crippen LogP contribution is 2.17. The van der Waals surface area contributed by atoms with Gasteiger partial charge < -0.3 is 10.6 Å². The van der Waals surface area contributed by atoms with Gasteiger partial charge in [0.15, 0.2) is 0 Å². The van der Waals surface area contributed by atoms with Crippen molar-refractivity contribution in [2.24, 2.45) is 0 Å². The summed E-state index contributed by atoms with van der Waals surface area (Å²) >= 11 is 1.13. The topological polar surface area (TPSA) is 58.2 Å². The van der Waals surface area contributed by atoms with Gasteiger partial charge in [0.25, 0.3) is 0 Å². The molecule has 2 rings (SSSR count). The molecular weight excluding hydrogens is 346 g/mol. The second kappa shape index (κ2) is 8.62. The quantitative estimate of drug-likeness (QED) is 0.815. The highest BCUT2D eigenvalue weighted by molar-refractivity contribution is 8.01. The predicted molar refractivity (Wildman–Crippen MR) is 96.7 cm³/mol. The SMILES string of the molecule is Cc1ccc(NC(=O)CSC(C)C(=O)Nc2cc(F)cc(F)c2)cc1. The number of thioether (sulfide) groups is 1. The lowest BCUT2D eigenvalue weighted by atomic mass is 10.2. The third kappa shape index (κ3) is 6.19. The molecular formula is C18H18F2N2O2S. The largest absolute Gasteiger partial charge is 0.325 e. The minimum absolute atomic E-state index is 0.0408. The summed E-state index contributed by atoms with van der Waals surface area (Å²) in [4.78, 5) is 23.9. The summed E-state index contributed by atoms with van der Waals surface area (Å²) in [5.41, 5.74) is 1.81. The average molecular weight is 364 g/mol. The van der Waals surface area contributed by atoms with Gasteiger partial charge in [0.2, 0.25) is 11.8 Å². The molecule has 0 radical (unpaired) electrons. The van der Waals surface area contributed by atoms with Crippen molar-refractivity contribution in [2.45, 2.75) is 19.1 Å². The molecule has 0 saturated heterocycles. The average Bonchev–Trinajstić information content (AvgIpc) is 2.53. The molecule has 1 atom stereocenters. The Kier molecular flexibility index (Phi) is 6.52. The van der Waals surface area contributed by atoms with E-state index in [1.165, 1.54) is 0 Å². The van der Waals surface area contributed by atoms with E-state index >= 15 is 0 Å². The number of halogens is 2. The Hall–Kier alpha value is -2.41. The summed E-state index contributed by atoms with van der Waals surface area (Å²) in [7, 11) is 0. The van der Waals surface area contributed by atoms with Gasteiger partial charge in [-0.3, -0.25) is 9.59 Å². The second-order valence-electron chi connectivity index (χ2n) is 5.51. The van der Waals surface area contributed by atoms with Crippen molar-refractivity contribution in [3.05, 3.63) is 59.7 Å². The second-order valence-corrected chi connectivity index (χ2v) is 6.84. The standard InChI is InChI=1S/C18H18F2N2O2S/c1-11-3-5-15(6-4-11)21-17(23)10-25-12(2)18(24)22-16-8-13(19)7-14(20)9-16/h3-9,12H,10H2,1-2H3,(H,21,23)(H,22,24). The summed E-state index contributed by atoms with van der Waals surface area (Å²) in [5.74, 6) is -2.12. The fourth-order valence-electron chi connectivity index (χ4n) is 1.98.